The SMILES string of the molecule is CCC(C)(C)c1ccc(Oc2cc(Nc3ccccc3)c3c4c(c(C(=O)Oc5ccccc5)c(O)nc24)-c2ccccc2C3=O)cc1. The summed E-state index contributed by atoms with van der Waals surface area (Å²) in [7, 11) is 0. The third-order valence-electron chi connectivity index (χ3n) is 8.83. The average molecular weight is 621 g/mol. The maximum Gasteiger partial charge on any atom is 0.349 e. The number of pyridine rings is 1. The van der Waals surface area contributed by atoms with Crippen LogP contribution in [-0.2, 0) is 5.41 Å². The van der Waals surface area contributed by atoms with Crippen LogP contribution >= 0.6 is 0 Å². The number of rotatable bonds is 8. The fourth-order valence-corrected chi connectivity index (χ4v) is 5.94. The molecule has 1 aliphatic rings. The molecule has 0 atom stereocenters. The molecule has 0 saturated heterocycles. The van der Waals surface area contributed by atoms with E-state index < -0.39 is 11.8 Å². The van der Waals surface area contributed by atoms with Crippen LogP contribution < -0.4 is 14.8 Å². The van der Waals surface area contributed by atoms with E-state index in [9.17, 15) is 14.7 Å². The van der Waals surface area contributed by atoms with Crippen LogP contribution in [0.1, 0.15) is 59.0 Å². The molecule has 0 bridgehead atoms. The Morgan fingerprint density at radius 2 is 1.45 bits per heavy atom. The molecule has 47 heavy (non-hydrogen) atoms. The highest BCUT2D eigenvalue weighted by Gasteiger charge is 2.36. The van der Waals surface area contributed by atoms with Gasteiger partial charge in [-0.3, -0.25) is 4.79 Å². The summed E-state index contributed by atoms with van der Waals surface area (Å²) < 4.78 is 12.2. The predicted molar refractivity (Wildman–Crippen MR) is 183 cm³/mol. The van der Waals surface area contributed by atoms with Crippen LogP contribution in [0, 0.1) is 0 Å². The van der Waals surface area contributed by atoms with Crippen molar-refractivity contribution in [2.75, 3.05) is 5.32 Å². The first-order valence-corrected chi connectivity index (χ1v) is 15.5. The second kappa shape index (κ2) is 11.8. The maximum absolute atomic E-state index is 14.3. The van der Waals surface area contributed by atoms with Gasteiger partial charge in [0.15, 0.2) is 11.5 Å². The van der Waals surface area contributed by atoms with E-state index >= 15 is 0 Å². The molecule has 232 valence electrons. The van der Waals surface area contributed by atoms with Crippen molar-refractivity contribution in [3.05, 3.63) is 138 Å². The average Bonchev–Trinajstić information content (AvgIpc) is 3.08. The van der Waals surface area contributed by atoms with Crippen LogP contribution in [-0.4, -0.2) is 21.8 Å². The van der Waals surface area contributed by atoms with Crippen LogP contribution in [0.4, 0.5) is 11.4 Å². The predicted octanol–water partition coefficient (Wildman–Crippen LogP) is 9.59. The van der Waals surface area contributed by atoms with Gasteiger partial charge in [0, 0.05) is 28.3 Å². The number of carbonyl (C=O) groups excluding carboxylic acids is 2. The van der Waals surface area contributed by atoms with Crippen molar-refractivity contribution in [1.82, 2.24) is 4.98 Å². The minimum absolute atomic E-state index is 0.00257. The summed E-state index contributed by atoms with van der Waals surface area (Å²) in [6.45, 7) is 6.54. The summed E-state index contributed by atoms with van der Waals surface area (Å²) in [5.74, 6) is -0.411. The van der Waals surface area contributed by atoms with E-state index in [1.165, 1.54) is 5.56 Å². The number of ketones is 1. The Bertz CT molecular complexity index is 2160. The van der Waals surface area contributed by atoms with Gasteiger partial charge >= 0.3 is 5.97 Å². The first-order valence-electron chi connectivity index (χ1n) is 15.5. The third kappa shape index (κ3) is 5.36. The highest BCUT2D eigenvalue weighted by Crippen LogP contribution is 2.49. The topological polar surface area (TPSA) is 97.8 Å². The molecule has 5 aromatic carbocycles. The second-order valence-corrected chi connectivity index (χ2v) is 12.1. The summed E-state index contributed by atoms with van der Waals surface area (Å²) in [5, 5.41) is 15.2. The minimum atomic E-state index is -0.800. The number of fused-ring (bicyclic) bond motifs is 2. The highest BCUT2D eigenvalue weighted by atomic mass is 16.5. The first kappa shape index (κ1) is 29.7. The van der Waals surface area contributed by atoms with Gasteiger partial charge in [-0.25, -0.2) is 9.78 Å². The van der Waals surface area contributed by atoms with Crippen molar-refractivity contribution in [3.8, 4) is 34.3 Å². The molecule has 0 radical (unpaired) electrons. The molecule has 0 saturated carbocycles. The lowest BCUT2D eigenvalue weighted by Crippen LogP contribution is -2.18. The summed E-state index contributed by atoms with van der Waals surface area (Å²) in [6, 6.07) is 34.7. The molecule has 1 aliphatic carbocycles. The molecule has 7 heteroatoms. The molecule has 1 heterocycles. The van der Waals surface area contributed by atoms with Crippen molar-refractivity contribution in [2.45, 2.75) is 32.6 Å². The van der Waals surface area contributed by atoms with Crippen molar-refractivity contribution in [1.29, 1.82) is 0 Å². The number of aromatic nitrogens is 1. The molecular weight excluding hydrogens is 588 g/mol. The number of anilines is 2. The maximum atomic E-state index is 14.3. The zero-order valence-corrected chi connectivity index (χ0v) is 26.2. The first-order chi connectivity index (χ1) is 22.7. The van der Waals surface area contributed by atoms with E-state index in [0.717, 1.165) is 12.1 Å². The molecule has 6 aromatic rings. The number of carbonyl (C=O) groups is 2. The minimum Gasteiger partial charge on any atom is -0.493 e. The summed E-state index contributed by atoms with van der Waals surface area (Å²) in [6.07, 6.45) is 0.977. The third-order valence-corrected chi connectivity index (χ3v) is 8.83. The lowest BCUT2D eigenvalue weighted by atomic mass is 9.81. The number of para-hydroxylation sites is 2. The van der Waals surface area contributed by atoms with E-state index in [0.29, 0.717) is 50.6 Å². The van der Waals surface area contributed by atoms with Gasteiger partial charge in [-0.05, 0) is 59.4 Å². The van der Waals surface area contributed by atoms with Gasteiger partial charge in [0.1, 0.15) is 22.6 Å². The quantitative estimate of drug-likeness (QED) is 0.129. The molecule has 0 fully saturated rings. The van der Waals surface area contributed by atoms with Crippen LogP contribution in [0.2, 0.25) is 0 Å². The van der Waals surface area contributed by atoms with Crippen LogP contribution in [0.5, 0.6) is 23.1 Å². The van der Waals surface area contributed by atoms with Gasteiger partial charge in [0.2, 0.25) is 5.88 Å². The molecule has 1 aromatic heterocycles. The molecule has 7 rings (SSSR count). The lowest BCUT2D eigenvalue weighted by molar-refractivity contribution is 0.0731. The Hall–Kier alpha value is -5.95. The van der Waals surface area contributed by atoms with E-state index in [2.05, 4.69) is 31.1 Å². The van der Waals surface area contributed by atoms with Crippen molar-refractivity contribution >= 4 is 34.0 Å². The summed E-state index contributed by atoms with van der Waals surface area (Å²) >= 11 is 0. The Morgan fingerprint density at radius 1 is 0.809 bits per heavy atom. The summed E-state index contributed by atoms with van der Waals surface area (Å²) in [5.41, 5.74) is 4.03. The fraction of sp³-hybridized carbons (Fsp3) is 0.125. The van der Waals surface area contributed by atoms with E-state index in [1.807, 2.05) is 60.7 Å². The standard InChI is InChI=1S/C40H32N2O5/c1-4-40(2,3)24-19-21-27(22-20-24)46-31-23-30(41-25-13-7-5-8-14-25)33-34-32(28-17-11-12-18-29(28)37(33)43)35(38(44)42-36(31)34)39(45)47-26-15-9-6-10-16-26/h5-23,41H,4H2,1-3H3,(H,42,44). The number of nitrogens with zero attached hydrogens (tertiary/aromatic N) is 1. The van der Waals surface area contributed by atoms with Crippen LogP contribution in [0.25, 0.3) is 22.0 Å². The molecule has 2 N–H and O–H groups in total. The van der Waals surface area contributed by atoms with Gasteiger partial charge in [0.05, 0.1) is 11.3 Å². The molecule has 7 nitrogen and oxygen atoms in total. The normalized spacial score (nSPS) is 12.0. The van der Waals surface area contributed by atoms with Gasteiger partial charge in [0.25, 0.3) is 0 Å². The van der Waals surface area contributed by atoms with Crippen molar-refractivity contribution < 1.29 is 24.2 Å². The summed E-state index contributed by atoms with van der Waals surface area (Å²) in [4.78, 5) is 32.6. The Morgan fingerprint density at radius 3 is 2.13 bits per heavy atom. The van der Waals surface area contributed by atoms with Gasteiger partial charge < -0.3 is 19.9 Å². The number of esters is 1. The smallest absolute Gasteiger partial charge is 0.349 e. The molecule has 0 spiro atoms. The number of benzene rings is 5. The van der Waals surface area contributed by atoms with Crippen LogP contribution in [0.15, 0.2) is 115 Å². The van der Waals surface area contributed by atoms with Crippen molar-refractivity contribution in [3.63, 3.8) is 0 Å². The van der Waals surface area contributed by atoms with Gasteiger partial charge in [-0.1, -0.05) is 93.6 Å². The second-order valence-electron chi connectivity index (χ2n) is 12.1. The Balaban J connectivity index is 1.49. The molecule has 0 unspecified atom stereocenters. The highest BCUT2D eigenvalue weighted by molar-refractivity contribution is 6.31. The van der Waals surface area contributed by atoms with Crippen LogP contribution in [0.3, 0.4) is 0 Å². The molecule has 0 aliphatic heterocycles. The number of nitrogens with one attached hydrogen (secondary N) is 1. The number of hydrogen-bond acceptors (Lipinski definition) is 7. The zero-order chi connectivity index (χ0) is 32.7. The number of hydrogen-bond donors (Lipinski definition) is 2. The van der Waals surface area contributed by atoms with Gasteiger partial charge in [-0.15, -0.1) is 0 Å². The molecule has 0 amide bonds. The molecular formula is C40H32N2O5. The monoisotopic (exact) mass is 620 g/mol. The van der Waals surface area contributed by atoms with Gasteiger partial charge in [-0.2, -0.15) is 0 Å². The Kier molecular flexibility index (Phi) is 7.45. The fourth-order valence-electron chi connectivity index (χ4n) is 5.94. The number of ether oxygens (including phenoxy) is 2. The Labute approximate surface area is 272 Å². The zero-order valence-electron chi connectivity index (χ0n) is 26.2. The van der Waals surface area contributed by atoms with E-state index in [4.69, 9.17) is 9.47 Å². The van der Waals surface area contributed by atoms with Crippen molar-refractivity contribution in [2.24, 2.45) is 0 Å². The van der Waals surface area contributed by atoms with E-state index in [-0.39, 0.29) is 22.3 Å². The lowest BCUT2D eigenvalue weighted by Gasteiger charge is -2.26. The van der Waals surface area contributed by atoms with E-state index in [1.54, 1.807) is 54.6 Å². The largest absolute Gasteiger partial charge is 0.493 e. The number of aromatic hydroxyl groups is 1.